The molecule has 0 atom stereocenters. The third-order valence-electron chi connectivity index (χ3n) is 3.21. The number of ether oxygens (including phenoxy) is 2. The Hall–Kier alpha value is -0.200. The quantitative estimate of drug-likeness (QED) is 0.640. The van der Waals surface area contributed by atoms with E-state index in [4.69, 9.17) is 14.6 Å². The van der Waals surface area contributed by atoms with Crippen LogP contribution in [-0.2, 0) is 9.47 Å². The van der Waals surface area contributed by atoms with Crippen molar-refractivity contribution in [3.63, 3.8) is 0 Å². The van der Waals surface area contributed by atoms with Crippen molar-refractivity contribution in [2.45, 2.75) is 26.6 Å². The number of nitrogens with zero attached hydrogens (tertiary/aromatic N) is 2. The van der Waals surface area contributed by atoms with Crippen LogP contribution in [0.3, 0.4) is 0 Å². The summed E-state index contributed by atoms with van der Waals surface area (Å²) in [6.07, 6.45) is 1.04. The highest BCUT2D eigenvalue weighted by atomic mass is 16.7. The van der Waals surface area contributed by atoms with Crippen LogP contribution >= 0.6 is 0 Å². The Bertz CT molecular complexity index is 199. The summed E-state index contributed by atoms with van der Waals surface area (Å²) in [6, 6.07) is 0. The Kier molecular flexibility index (Phi) is 8.54. The third-order valence-corrected chi connectivity index (χ3v) is 3.21. The van der Waals surface area contributed by atoms with Crippen molar-refractivity contribution in [2.75, 3.05) is 59.1 Å². The highest BCUT2D eigenvalue weighted by Gasteiger charge is 2.18. The summed E-state index contributed by atoms with van der Waals surface area (Å²) in [7, 11) is 0. The van der Waals surface area contributed by atoms with Gasteiger partial charge in [-0.3, -0.25) is 9.80 Å². The van der Waals surface area contributed by atoms with Gasteiger partial charge in [-0.15, -0.1) is 0 Å². The summed E-state index contributed by atoms with van der Waals surface area (Å²) in [6.45, 7) is 11.5. The zero-order chi connectivity index (χ0) is 13.2. The molecule has 1 rings (SSSR count). The zero-order valence-corrected chi connectivity index (χ0v) is 11.8. The summed E-state index contributed by atoms with van der Waals surface area (Å²) in [4.78, 5) is 4.71. The topological polar surface area (TPSA) is 45.2 Å². The average Bonchev–Trinajstić information content (AvgIpc) is 2.56. The van der Waals surface area contributed by atoms with Crippen LogP contribution in [0.15, 0.2) is 0 Å². The lowest BCUT2D eigenvalue weighted by atomic mass is 10.3. The van der Waals surface area contributed by atoms with Crippen molar-refractivity contribution in [1.82, 2.24) is 9.80 Å². The summed E-state index contributed by atoms with van der Waals surface area (Å²) in [5.41, 5.74) is 0. The second kappa shape index (κ2) is 9.69. The van der Waals surface area contributed by atoms with Gasteiger partial charge in [0.05, 0.1) is 6.61 Å². The van der Waals surface area contributed by atoms with E-state index in [0.29, 0.717) is 13.2 Å². The van der Waals surface area contributed by atoms with Crippen molar-refractivity contribution in [2.24, 2.45) is 0 Å². The first-order valence-electron chi connectivity index (χ1n) is 7.08. The normalized spacial score (nSPS) is 19.3. The summed E-state index contributed by atoms with van der Waals surface area (Å²) in [5.74, 6) is 0. The van der Waals surface area contributed by atoms with E-state index in [1.54, 1.807) is 0 Å². The molecule has 1 fully saturated rings. The van der Waals surface area contributed by atoms with Gasteiger partial charge in [-0.2, -0.15) is 0 Å². The molecule has 1 aliphatic heterocycles. The maximum atomic E-state index is 8.97. The van der Waals surface area contributed by atoms with Crippen LogP contribution in [0.2, 0.25) is 0 Å². The Morgan fingerprint density at radius 3 is 2.22 bits per heavy atom. The van der Waals surface area contributed by atoms with Crippen molar-refractivity contribution in [3.05, 3.63) is 0 Å². The first kappa shape index (κ1) is 15.9. The van der Waals surface area contributed by atoms with E-state index in [9.17, 15) is 0 Å². The van der Waals surface area contributed by atoms with Crippen LogP contribution in [0, 0.1) is 0 Å². The lowest BCUT2D eigenvalue weighted by Gasteiger charge is -2.26. The van der Waals surface area contributed by atoms with Crippen LogP contribution in [0.4, 0.5) is 0 Å². The summed E-state index contributed by atoms with van der Waals surface area (Å²) in [5, 5.41) is 8.97. The zero-order valence-electron chi connectivity index (χ0n) is 11.8. The van der Waals surface area contributed by atoms with E-state index >= 15 is 0 Å². The number of hydrogen-bond acceptors (Lipinski definition) is 5. The Morgan fingerprint density at radius 2 is 1.61 bits per heavy atom. The maximum absolute atomic E-state index is 8.97. The second-order valence-electron chi connectivity index (χ2n) is 4.56. The van der Waals surface area contributed by atoms with Gasteiger partial charge >= 0.3 is 0 Å². The van der Waals surface area contributed by atoms with Gasteiger partial charge in [0, 0.05) is 39.4 Å². The fourth-order valence-corrected chi connectivity index (χ4v) is 2.31. The molecule has 5 heteroatoms. The standard InChI is InChI=1S/C13H28N2O3/c1-3-17-13(18-4-2)12-15-7-5-6-14(8-9-15)10-11-16/h13,16H,3-12H2,1-2H3. The van der Waals surface area contributed by atoms with Crippen molar-refractivity contribution in [1.29, 1.82) is 0 Å². The van der Waals surface area contributed by atoms with Gasteiger partial charge in [-0.05, 0) is 33.4 Å². The Labute approximate surface area is 111 Å². The van der Waals surface area contributed by atoms with Crippen LogP contribution in [0.5, 0.6) is 0 Å². The number of rotatable bonds is 8. The van der Waals surface area contributed by atoms with E-state index in [-0.39, 0.29) is 12.9 Å². The molecule has 0 radical (unpaired) electrons. The number of aliphatic hydroxyl groups excluding tert-OH is 1. The molecule has 0 amide bonds. The molecule has 18 heavy (non-hydrogen) atoms. The minimum Gasteiger partial charge on any atom is -0.395 e. The smallest absolute Gasteiger partial charge is 0.170 e. The maximum Gasteiger partial charge on any atom is 0.170 e. The molecule has 0 aromatic carbocycles. The molecule has 0 aromatic rings. The summed E-state index contributed by atoms with van der Waals surface area (Å²) < 4.78 is 11.2. The van der Waals surface area contributed by atoms with E-state index in [1.165, 1.54) is 0 Å². The van der Waals surface area contributed by atoms with Gasteiger partial charge in [-0.1, -0.05) is 0 Å². The SMILES string of the molecule is CCOC(CN1CCCN(CCO)CC1)OCC. The van der Waals surface area contributed by atoms with Crippen LogP contribution in [-0.4, -0.2) is 80.3 Å². The number of aliphatic hydroxyl groups is 1. The highest BCUT2D eigenvalue weighted by Crippen LogP contribution is 2.06. The van der Waals surface area contributed by atoms with E-state index in [0.717, 1.165) is 45.7 Å². The first-order chi connectivity index (χ1) is 8.80. The molecule has 0 aliphatic carbocycles. The van der Waals surface area contributed by atoms with Gasteiger partial charge in [0.25, 0.3) is 0 Å². The van der Waals surface area contributed by atoms with E-state index in [2.05, 4.69) is 9.80 Å². The Morgan fingerprint density at radius 1 is 1.00 bits per heavy atom. The average molecular weight is 260 g/mol. The molecular formula is C13H28N2O3. The predicted octanol–water partition coefficient (Wildman–Crippen LogP) is 0.386. The third kappa shape index (κ3) is 6.11. The number of hydrogen-bond donors (Lipinski definition) is 1. The van der Waals surface area contributed by atoms with Gasteiger partial charge in [-0.25, -0.2) is 0 Å². The van der Waals surface area contributed by atoms with Crippen LogP contribution in [0.1, 0.15) is 20.3 Å². The van der Waals surface area contributed by atoms with Gasteiger partial charge in [0.1, 0.15) is 0 Å². The molecule has 0 spiro atoms. The molecule has 0 saturated carbocycles. The van der Waals surface area contributed by atoms with Gasteiger partial charge < -0.3 is 14.6 Å². The minimum atomic E-state index is -0.107. The molecule has 0 bridgehead atoms. The van der Waals surface area contributed by atoms with Gasteiger partial charge in [0.15, 0.2) is 6.29 Å². The largest absolute Gasteiger partial charge is 0.395 e. The lowest BCUT2D eigenvalue weighted by molar-refractivity contribution is -0.146. The first-order valence-corrected chi connectivity index (χ1v) is 7.08. The van der Waals surface area contributed by atoms with E-state index in [1.807, 2.05) is 13.8 Å². The summed E-state index contributed by atoms with van der Waals surface area (Å²) >= 11 is 0. The van der Waals surface area contributed by atoms with Crippen LogP contribution < -0.4 is 0 Å². The van der Waals surface area contributed by atoms with Crippen molar-refractivity contribution in [3.8, 4) is 0 Å². The van der Waals surface area contributed by atoms with E-state index < -0.39 is 0 Å². The van der Waals surface area contributed by atoms with Crippen molar-refractivity contribution < 1.29 is 14.6 Å². The monoisotopic (exact) mass is 260 g/mol. The molecule has 0 unspecified atom stereocenters. The molecule has 108 valence electrons. The van der Waals surface area contributed by atoms with Gasteiger partial charge in [0.2, 0.25) is 0 Å². The predicted molar refractivity (Wildman–Crippen MR) is 71.6 cm³/mol. The number of β-amino-alcohol motifs (C(OH)–C–C–N with tert-alkyl or cyclic N) is 1. The molecule has 1 heterocycles. The second-order valence-corrected chi connectivity index (χ2v) is 4.56. The Balaban J connectivity index is 2.32. The minimum absolute atomic E-state index is 0.107. The highest BCUT2D eigenvalue weighted by molar-refractivity contribution is 4.70. The lowest BCUT2D eigenvalue weighted by Crippen LogP contribution is -2.38. The molecule has 1 saturated heterocycles. The van der Waals surface area contributed by atoms with Crippen LogP contribution in [0.25, 0.3) is 0 Å². The fourth-order valence-electron chi connectivity index (χ4n) is 2.31. The molecular weight excluding hydrogens is 232 g/mol. The molecule has 5 nitrogen and oxygen atoms in total. The molecule has 1 N–H and O–H groups in total. The molecule has 0 aromatic heterocycles. The molecule has 1 aliphatic rings. The van der Waals surface area contributed by atoms with Crippen molar-refractivity contribution >= 4 is 0 Å². The fraction of sp³-hybridized carbons (Fsp3) is 1.00.